The first-order valence-corrected chi connectivity index (χ1v) is 14.1. The highest BCUT2D eigenvalue weighted by molar-refractivity contribution is 9.10. The van der Waals surface area contributed by atoms with Crippen LogP contribution < -0.4 is 10.6 Å². The van der Waals surface area contributed by atoms with Crippen molar-refractivity contribution in [1.82, 2.24) is 20.1 Å². The first-order chi connectivity index (χ1) is 17.6. The van der Waals surface area contributed by atoms with Crippen molar-refractivity contribution >= 4 is 56.8 Å². The highest BCUT2D eigenvalue weighted by atomic mass is 79.9. The van der Waals surface area contributed by atoms with Gasteiger partial charge in [-0.1, -0.05) is 85.2 Å². The van der Waals surface area contributed by atoms with Gasteiger partial charge in [0.25, 0.3) is 5.91 Å². The van der Waals surface area contributed by atoms with Crippen LogP contribution in [0.1, 0.15) is 61.4 Å². The van der Waals surface area contributed by atoms with Crippen LogP contribution in [-0.2, 0) is 11.3 Å². The standard InChI is InChI=1S/C27H31BrClN5O2S/c1-6-13-34-25(24(17(4)5)31-26(36)19-9-7-8-10-21(19)29)32-33-27(34)37-15-23(35)30-22-12-11-18(28)14-20(22)16(2)3/h6-12,14,16-17,24H,1,13,15H2,2-5H3,(H,30,35)(H,31,36). The van der Waals surface area contributed by atoms with Gasteiger partial charge in [-0.15, -0.1) is 16.8 Å². The highest BCUT2D eigenvalue weighted by Gasteiger charge is 2.27. The molecule has 1 unspecified atom stereocenters. The minimum atomic E-state index is -0.421. The second-order valence-electron chi connectivity index (χ2n) is 9.14. The van der Waals surface area contributed by atoms with Crippen LogP contribution in [0, 0.1) is 5.92 Å². The first kappa shape index (κ1) is 28.9. The van der Waals surface area contributed by atoms with Crippen LogP contribution in [0.4, 0.5) is 5.69 Å². The number of benzene rings is 2. The molecule has 7 nitrogen and oxygen atoms in total. The van der Waals surface area contributed by atoms with E-state index in [2.05, 4.69) is 57.2 Å². The summed E-state index contributed by atoms with van der Waals surface area (Å²) in [5.41, 5.74) is 2.24. The number of amides is 2. The number of nitrogens with zero attached hydrogens (tertiary/aromatic N) is 3. The van der Waals surface area contributed by atoms with Crippen molar-refractivity contribution in [1.29, 1.82) is 0 Å². The van der Waals surface area contributed by atoms with E-state index in [-0.39, 0.29) is 29.4 Å². The number of anilines is 1. The number of thioether (sulfide) groups is 1. The summed E-state index contributed by atoms with van der Waals surface area (Å²) in [6.07, 6.45) is 1.74. The van der Waals surface area contributed by atoms with Crippen molar-refractivity contribution in [3.63, 3.8) is 0 Å². The number of nitrogens with one attached hydrogen (secondary N) is 2. The van der Waals surface area contributed by atoms with Crippen LogP contribution in [0.25, 0.3) is 0 Å². The number of carbonyl (C=O) groups is 2. The van der Waals surface area contributed by atoms with E-state index in [1.807, 2.05) is 36.6 Å². The number of halogens is 2. The van der Waals surface area contributed by atoms with Gasteiger partial charge in [-0.25, -0.2) is 0 Å². The van der Waals surface area contributed by atoms with Gasteiger partial charge in [0, 0.05) is 16.7 Å². The smallest absolute Gasteiger partial charge is 0.253 e. The van der Waals surface area contributed by atoms with Gasteiger partial charge in [0.05, 0.1) is 22.4 Å². The molecule has 0 aliphatic carbocycles. The monoisotopic (exact) mass is 603 g/mol. The average Bonchev–Trinajstić information content (AvgIpc) is 3.24. The van der Waals surface area contributed by atoms with E-state index >= 15 is 0 Å². The Hall–Kier alpha value is -2.62. The molecule has 1 heterocycles. The summed E-state index contributed by atoms with van der Waals surface area (Å²) < 4.78 is 2.84. The van der Waals surface area contributed by atoms with Crippen LogP contribution >= 0.6 is 39.3 Å². The summed E-state index contributed by atoms with van der Waals surface area (Å²) in [6.45, 7) is 12.4. The Morgan fingerprint density at radius 1 is 1.16 bits per heavy atom. The molecule has 0 aliphatic heterocycles. The van der Waals surface area contributed by atoms with E-state index < -0.39 is 6.04 Å². The Balaban J connectivity index is 1.77. The van der Waals surface area contributed by atoms with Gasteiger partial charge in [-0.3, -0.25) is 9.59 Å². The van der Waals surface area contributed by atoms with E-state index in [4.69, 9.17) is 11.6 Å². The van der Waals surface area contributed by atoms with Crippen LogP contribution in [0.3, 0.4) is 0 Å². The van der Waals surface area contributed by atoms with E-state index in [1.54, 1.807) is 30.3 Å². The Labute approximate surface area is 235 Å². The predicted octanol–water partition coefficient (Wildman–Crippen LogP) is 6.86. The number of allylic oxidation sites excluding steroid dienone is 1. The summed E-state index contributed by atoms with van der Waals surface area (Å²) in [5, 5.41) is 15.7. The number of aromatic nitrogens is 3. The third-order valence-electron chi connectivity index (χ3n) is 5.65. The van der Waals surface area contributed by atoms with Crippen molar-refractivity contribution in [2.45, 2.75) is 51.4 Å². The molecule has 37 heavy (non-hydrogen) atoms. The maximum Gasteiger partial charge on any atom is 0.253 e. The Bertz CT molecular complexity index is 1280. The van der Waals surface area contributed by atoms with Crippen molar-refractivity contribution in [2.75, 3.05) is 11.1 Å². The largest absolute Gasteiger partial charge is 0.342 e. The number of hydrogen-bond acceptors (Lipinski definition) is 5. The van der Waals surface area contributed by atoms with Crippen molar-refractivity contribution < 1.29 is 9.59 Å². The zero-order chi connectivity index (χ0) is 27.1. The van der Waals surface area contributed by atoms with Gasteiger partial charge in [-0.2, -0.15) is 0 Å². The molecule has 3 rings (SSSR count). The Morgan fingerprint density at radius 2 is 1.89 bits per heavy atom. The molecule has 196 valence electrons. The minimum absolute atomic E-state index is 0.0206. The van der Waals surface area contributed by atoms with Gasteiger partial charge in [0.2, 0.25) is 5.91 Å². The number of carbonyl (C=O) groups excluding carboxylic acids is 2. The molecule has 3 aromatic rings. The van der Waals surface area contributed by atoms with E-state index in [9.17, 15) is 9.59 Å². The molecular weight excluding hydrogens is 574 g/mol. The van der Waals surface area contributed by atoms with Gasteiger partial charge >= 0.3 is 0 Å². The molecule has 1 atom stereocenters. The predicted molar refractivity (Wildman–Crippen MR) is 154 cm³/mol. The average molecular weight is 605 g/mol. The zero-order valence-corrected chi connectivity index (χ0v) is 24.5. The lowest BCUT2D eigenvalue weighted by atomic mass is 10.0. The van der Waals surface area contributed by atoms with Crippen LogP contribution in [0.15, 0.2) is 64.7 Å². The van der Waals surface area contributed by atoms with Crippen LogP contribution in [-0.4, -0.2) is 32.3 Å². The second kappa shape index (κ2) is 13.3. The fourth-order valence-corrected chi connectivity index (χ4v) is 5.13. The molecule has 0 saturated carbocycles. The maximum atomic E-state index is 13.0. The number of hydrogen-bond donors (Lipinski definition) is 2. The fraction of sp³-hybridized carbons (Fsp3) is 0.333. The van der Waals surface area contributed by atoms with Crippen LogP contribution in [0.5, 0.6) is 0 Å². The molecule has 0 spiro atoms. The van der Waals surface area contributed by atoms with Crippen molar-refractivity contribution in [3.05, 3.63) is 81.6 Å². The minimum Gasteiger partial charge on any atom is -0.342 e. The first-order valence-electron chi connectivity index (χ1n) is 11.9. The topological polar surface area (TPSA) is 88.9 Å². The van der Waals surface area contributed by atoms with E-state index in [0.29, 0.717) is 28.1 Å². The van der Waals surface area contributed by atoms with Crippen molar-refractivity contribution in [3.8, 4) is 0 Å². The normalized spacial score (nSPS) is 12.0. The van der Waals surface area contributed by atoms with Crippen molar-refractivity contribution in [2.24, 2.45) is 5.92 Å². The van der Waals surface area contributed by atoms with Gasteiger partial charge in [0.15, 0.2) is 11.0 Å². The quantitative estimate of drug-likeness (QED) is 0.184. The zero-order valence-electron chi connectivity index (χ0n) is 21.3. The molecule has 1 aromatic heterocycles. The molecule has 0 radical (unpaired) electrons. The third kappa shape index (κ3) is 7.46. The maximum absolute atomic E-state index is 13.0. The van der Waals surface area contributed by atoms with E-state index in [0.717, 1.165) is 15.7 Å². The molecule has 0 bridgehead atoms. The van der Waals surface area contributed by atoms with Crippen LogP contribution in [0.2, 0.25) is 5.02 Å². The summed E-state index contributed by atoms with van der Waals surface area (Å²) in [6, 6.07) is 12.3. The third-order valence-corrected chi connectivity index (χ3v) is 7.44. The molecule has 2 amide bonds. The lowest BCUT2D eigenvalue weighted by Gasteiger charge is -2.23. The number of rotatable bonds is 11. The lowest BCUT2D eigenvalue weighted by molar-refractivity contribution is -0.113. The molecule has 0 aliphatic rings. The summed E-state index contributed by atoms with van der Waals surface area (Å²) in [5.74, 6) is 0.590. The van der Waals surface area contributed by atoms with Gasteiger partial charge in [-0.05, 0) is 47.7 Å². The lowest BCUT2D eigenvalue weighted by Crippen LogP contribution is -2.34. The SMILES string of the molecule is C=CCn1c(SCC(=O)Nc2ccc(Br)cc2C(C)C)nnc1C(NC(=O)c1ccccc1Cl)C(C)C. The Kier molecular flexibility index (Phi) is 10.4. The molecule has 10 heteroatoms. The molecule has 2 aromatic carbocycles. The summed E-state index contributed by atoms with van der Waals surface area (Å²) in [7, 11) is 0. The Morgan fingerprint density at radius 3 is 2.54 bits per heavy atom. The molecular formula is C27H31BrClN5O2S. The van der Waals surface area contributed by atoms with E-state index in [1.165, 1.54) is 11.8 Å². The molecule has 0 fully saturated rings. The fourth-order valence-electron chi connectivity index (χ4n) is 3.77. The second-order valence-corrected chi connectivity index (χ2v) is 11.4. The van der Waals surface area contributed by atoms with Gasteiger partial charge < -0.3 is 15.2 Å². The summed E-state index contributed by atoms with van der Waals surface area (Å²) >= 11 is 11.0. The molecule has 2 N–H and O–H groups in total. The summed E-state index contributed by atoms with van der Waals surface area (Å²) in [4.78, 5) is 25.8. The van der Waals surface area contributed by atoms with Gasteiger partial charge in [0.1, 0.15) is 0 Å². The molecule has 0 saturated heterocycles. The highest BCUT2D eigenvalue weighted by Crippen LogP contribution is 2.29.